The molecule has 0 bridgehead atoms. The summed E-state index contributed by atoms with van der Waals surface area (Å²) in [6.07, 6.45) is 1.45. The van der Waals surface area contributed by atoms with Crippen molar-refractivity contribution in [3.8, 4) is 11.5 Å². The van der Waals surface area contributed by atoms with Crippen LogP contribution in [0.15, 0.2) is 64.5 Å². The molecule has 33 heavy (non-hydrogen) atoms. The number of rotatable bonds is 8. The summed E-state index contributed by atoms with van der Waals surface area (Å²) in [6, 6.07) is 12.8. The Labute approximate surface area is 200 Å². The zero-order valence-electron chi connectivity index (χ0n) is 18.7. The summed E-state index contributed by atoms with van der Waals surface area (Å²) in [5.41, 5.74) is 2.80. The highest BCUT2D eigenvalue weighted by Crippen LogP contribution is 2.42. The van der Waals surface area contributed by atoms with E-state index in [-0.39, 0.29) is 6.61 Å². The second kappa shape index (κ2) is 10.1. The lowest BCUT2D eigenvalue weighted by Crippen LogP contribution is -2.29. The fourth-order valence-electron chi connectivity index (χ4n) is 3.76. The van der Waals surface area contributed by atoms with Crippen LogP contribution in [0.4, 0.5) is 5.95 Å². The number of carbonyl (C=O) groups excluding carboxylic acids is 1. The van der Waals surface area contributed by atoms with Crippen molar-refractivity contribution in [3.05, 3.63) is 75.7 Å². The van der Waals surface area contributed by atoms with Gasteiger partial charge in [-0.15, -0.1) is 0 Å². The molecule has 1 unspecified atom stereocenters. The standard InChI is InChI=1S/C24H25BrN4O4/c1-4-31-19-12-17(11-18(25)22(19)32-5-2)21-20(15(3)28-24-26-14-27-29(21)24)23(30)33-13-16-9-7-6-8-10-16/h6-12,14,21H,4-5,13H2,1-3H3,(H,26,27,28). The van der Waals surface area contributed by atoms with Crippen molar-refractivity contribution in [1.82, 2.24) is 14.8 Å². The molecule has 1 aliphatic heterocycles. The number of fused-ring (bicyclic) bond motifs is 1. The SMILES string of the molecule is CCOc1cc(C2C(C(=O)OCc3ccccc3)=C(C)Nc3ncnn32)cc(Br)c1OCC. The van der Waals surface area contributed by atoms with Crippen LogP contribution in [0.3, 0.4) is 0 Å². The van der Waals surface area contributed by atoms with Crippen LogP contribution < -0.4 is 14.8 Å². The Kier molecular flexibility index (Phi) is 6.98. The van der Waals surface area contributed by atoms with E-state index in [1.54, 1.807) is 4.68 Å². The van der Waals surface area contributed by atoms with Crippen molar-refractivity contribution >= 4 is 27.8 Å². The molecule has 9 heteroatoms. The summed E-state index contributed by atoms with van der Waals surface area (Å²) in [7, 11) is 0. The molecule has 0 radical (unpaired) electrons. The molecule has 0 fully saturated rings. The Hall–Kier alpha value is -3.33. The Morgan fingerprint density at radius 1 is 1.15 bits per heavy atom. The van der Waals surface area contributed by atoms with E-state index in [9.17, 15) is 4.79 Å². The zero-order valence-corrected chi connectivity index (χ0v) is 20.3. The van der Waals surface area contributed by atoms with Crippen LogP contribution in [0, 0.1) is 0 Å². The average Bonchev–Trinajstić information content (AvgIpc) is 3.27. The summed E-state index contributed by atoms with van der Waals surface area (Å²) >= 11 is 3.60. The molecular weight excluding hydrogens is 488 g/mol. The highest BCUT2D eigenvalue weighted by Gasteiger charge is 2.35. The number of nitrogens with zero attached hydrogens (tertiary/aromatic N) is 3. The highest BCUT2D eigenvalue weighted by molar-refractivity contribution is 9.10. The third-order valence-corrected chi connectivity index (χ3v) is 5.75. The molecule has 2 heterocycles. The number of hydrogen-bond donors (Lipinski definition) is 1. The summed E-state index contributed by atoms with van der Waals surface area (Å²) in [4.78, 5) is 17.6. The molecule has 0 amide bonds. The van der Waals surface area contributed by atoms with Crippen LogP contribution in [-0.2, 0) is 16.1 Å². The minimum Gasteiger partial charge on any atom is -0.490 e. The molecule has 1 aliphatic rings. The fourth-order valence-corrected chi connectivity index (χ4v) is 4.33. The number of benzene rings is 2. The summed E-state index contributed by atoms with van der Waals surface area (Å²) < 4.78 is 19.7. The van der Waals surface area contributed by atoms with Crippen LogP contribution in [0.1, 0.15) is 37.9 Å². The zero-order chi connectivity index (χ0) is 23.4. The first-order valence-electron chi connectivity index (χ1n) is 10.7. The maximum absolute atomic E-state index is 13.3. The van der Waals surface area contributed by atoms with E-state index in [4.69, 9.17) is 14.2 Å². The van der Waals surface area contributed by atoms with Gasteiger partial charge in [0.25, 0.3) is 0 Å². The number of esters is 1. The highest BCUT2D eigenvalue weighted by atomic mass is 79.9. The molecule has 8 nitrogen and oxygen atoms in total. The molecule has 1 atom stereocenters. The first-order chi connectivity index (χ1) is 16.0. The summed E-state index contributed by atoms with van der Waals surface area (Å²) in [6.45, 7) is 6.79. The number of carbonyl (C=O) groups is 1. The first-order valence-corrected chi connectivity index (χ1v) is 11.5. The Balaban J connectivity index is 1.75. The lowest BCUT2D eigenvalue weighted by Gasteiger charge is -2.29. The van der Waals surface area contributed by atoms with Gasteiger partial charge in [0.1, 0.15) is 19.0 Å². The third kappa shape index (κ3) is 4.73. The number of halogens is 1. The Morgan fingerprint density at radius 2 is 1.91 bits per heavy atom. The quantitative estimate of drug-likeness (QED) is 0.430. The molecule has 1 N–H and O–H groups in total. The fraction of sp³-hybridized carbons (Fsp3) is 0.292. The van der Waals surface area contributed by atoms with E-state index >= 15 is 0 Å². The van der Waals surface area contributed by atoms with Crippen molar-refractivity contribution < 1.29 is 19.0 Å². The van der Waals surface area contributed by atoms with E-state index in [0.29, 0.717) is 41.9 Å². The molecule has 0 aliphatic carbocycles. The van der Waals surface area contributed by atoms with Crippen LogP contribution in [0.2, 0.25) is 0 Å². The normalized spacial score (nSPS) is 15.0. The first kappa shape index (κ1) is 22.8. The molecule has 1 aromatic heterocycles. The van der Waals surface area contributed by atoms with Gasteiger partial charge in [-0.05, 0) is 60.0 Å². The van der Waals surface area contributed by atoms with Crippen LogP contribution in [0.25, 0.3) is 0 Å². The summed E-state index contributed by atoms with van der Waals surface area (Å²) in [5.74, 6) is 1.31. The van der Waals surface area contributed by atoms with Crippen molar-refractivity contribution in [2.45, 2.75) is 33.4 Å². The van der Waals surface area contributed by atoms with Crippen LogP contribution >= 0.6 is 15.9 Å². The monoisotopic (exact) mass is 512 g/mol. The number of anilines is 1. The molecule has 3 aromatic rings. The predicted molar refractivity (Wildman–Crippen MR) is 127 cm³/mol. The third-order valence-electron chi connectivity index (χ3n) is 5.16. The molecule has 172 valence electrons. The number of hydrogen-bond acceptors (Lipinski definition) is 7. The second-order valence-electron chi connectivity index (χ2n) is 7.35. The van der Waals surface area contributed by atoms with Gasteiger partial charge in [0.2, 0.25) is 5.95 Å². The Bertz CT molecular complexity index is 1180. The second-order valence-corrected chi connectivity index (χ2v) is 8.21. The number of aromatic nitrogens is 3. The van der Waals surface area contributed by atoms with Gasteiger partial charge in [0, 0.05) is 5.70 Å². The molecular formula is C24H25BrN4O4. The van der Waals surface area contributed by atoms with Crippen LogP contribution in [0.5, 0.6) is 11.5 Å². The average molecular weight is 513 g/mol. The lowest BCUT2D eigenvalue weighted by molar-refractivity contribution is -0.140. The lowest BCUT2D eigenvalue weighted by atomic mass is 9.95. The van der Waals surface area contributed by atoms with Gasteiger partial charge in [0.15, 0.2) is 11.5 Å². The minimum absolute atomic E-state index is 0.171. The van der Waals surface area contributed by atoms with Gasteiger partial charge < -0.3 is 19.5 Å². The molecule has 0 saturated carbocycles. The number of allylic oxidation sites excluding steroid dienone is 1. The molecule has 0 spiro atoms. The van der Waals surface area contributed by atoms with Gasteiger partial charge in [-0.25, -0.2) is 9.48 Å². The van der Waals surface area contributed by atoms with Gasteiger partial charge in [-0.2, -0.15) is 10.1 Å². The van der Waals surface area contributed by atoms with Crippen molar-refractivity contribution in [3.63, 3.8) is 0 Å². The van der Waals surface area contributed by atoms with E-state index in [1.807, 2.05) is 63.2 Å². The molecule has 2 aromatic carbocycles. The van der Waals surface area contributed by atoms with Gasteiger partial charge in [-0.1, -0.05) is 30.3 Å². The van der Waals surface area contributed by atoms with E-state index in [2.05, 4.69) is 31.3 Å². The summed E-state index contributed by atoms with van der Waals surface area (Å²) in [5, 5.41) is 7.53. The van der Waals surface area contributed by atoms with Crippen LogP contribution in [-0.4, -0.2) is 33.9 Å². The minimum atomic E-state index is -0.557. The van der Waals surface area contributed by atoms with Gasteiger partial charge in [0.05, 0.1) is 23.3 Å². The topological polar surface area (TPSA) is 87.5 Å². The van der Waals surface area contributed by atoms with Crippen molar-refractivity contribution in [1.29, 1.82) is 0 Å². The Morgan fingerprint density at radius 3 is 2.64 bits per heavy atom. The van der Waals surface area contributed by atoms with Gasteiger partial charge in [-0.3, -0.25) is 0 Å². The van der Waals surface area contributed by atoms with Crippen molar-refractivity contribution in [2.24, 2.45) is 0 Å². The molecule has 0 saturated heterocycles. The van der Waals surface area contributed by atoms with E-state index in [0.717, 1.165) is 15.6 Å². The number of ether oxygens (including phenoxy) is 3. The largest absolute Gasteiger partial charge is 0.490 e. The van der Waals surface area contributed by atoms with E-state index in [1.165, 1.54) is 6.33 Å². The number of nitrogens with one attached hydrogen (secondary N) is 1. The van der Waals surface area contributed by atoms with Crippen molar-refractivity contribution in [2.75, 3.05) is 18.5 Å². The smallest absolute Gasteiger partial charge is 0.338 e. The predicted octanol–water partition coefficient (Wildman–Crippen LogP) is 4.87. The maximum atomic E-state index is 13.3. The maximum Gasteiger partial charge on any atom is 0.338 e. The molecule has 4 rings (SSSR count). The van der Waals surface area contributed by atoms with E-state index < -0.39 is 12.0 Å². The van der Waals surface area contributed by atoms with Gasteiger partial charge >= 0.3 is 5.97 Å².